The van der Waals surface area contributed by atoms with Crippen LogP contribution < -0.4 is 10.1 Å². The van der Waals surface area contributed by atoms with Gasteiger partial charge in [0.15, 0.2) is 12.4 Å². The highest BCUT2D eigenvalue weighted by Gasteiger charge is 2.16. The van der Waals surface area contributed by atoms with E-state index in [9.17, 15) is 18.8 Å². The maximum Gasteiger partial charge on any atom is 0.341 e. The number of halogens is 1. The number of carbonyl (C=O) groups excluding carboxylic acids is 3. The average molecular weight is 373 g/mol. The van der Waals surface area contributed by atoms with Crippen molar-refractivity contribution in [2.75, 3.05) is 19.0 Å². The Morgan fingerprint density at radius 2 is 1.74 bits per heavy atom. The van der Waals surface area contributed by atoms with Gasteiger partial charge >= 0.3 is 5.97 Å². The lowest BCUT2D eigenvalue weighted by Crippen LogP contribution is -2.18. The van der Waals surface area contributed by atoms with Crippen molar-refractivity contribution in [3.63, 3.8) is 0 Å². The molecule has 0 aliphatic carbocycles. The third-order valence-electron chi connectivity index (χ3n) is 3.73. The fourth-order valence-electron chi connectivity index (χ4n) is 2.11. The second kappa shape index (κ2) is 8.93. The van der Waals surface area contributed by atoms with Gasteiger partial charge in [-0.15, -0.1) is 0 Å². The van der Waals surface area contributed by atoms with E-state index in [1.807, 2.05) is 0 Å². The molecule has 0 radical (unpaired) electrons. The molecular weight excluding hydrogens is 353 g/mol. The first-order valence-corrected chi connectivity index (χ1v) is 8.26. The number of esters is 1. The summed E-state index contributed by atoms with van der Waals surface area (Å²) in [6.45, 7) is 3.02. The quantitative estimate of drug-likeness (QED) is 0.594. The molecule has 7 heteroatoms. The number of rotatable bonds is 7. The summed E-state index contributed by atoms with van der Waals surface area (Å²) in [6.07, 6.45) is 0. The molecule has 1 N–H and O–H groups in total. The maximum absolute atomic E-state index is 13.8. The Bertz CT molecular complexity index is 846. The Balaban J connectivity index is 1.95. The van der Waals surface area contributed by atoms with Gasteiger partial charge in [-0.25, -0.2) is 9.18 Å². The van der Waals surface area contributed by atoms with Crippen LogP contribution in [0.5, 0.6) is 5.75 Å². The third kappa shape index (κ3) is 5.37. The van der Waals surface area contributed by atoms with Crippen LogP contribution >= 0.6 is 0 Å². The number of amides is 1. The molecule has 1 amide bonds. The molecule has 0 bridgehead atoms. The minimum absolute atomic E-state index is 0.135. The van der Waals surface area contributed by atoms with Crippen molar-refractivity contribution in [3.8, 4) is 5.75 Å². The molecule has 0 aromatic heterocycles. The number of carbonyl (C=O) groups is 3. The Morgan fingerprint density at radius 3 is 2.30 bits per heavy atom. The summed E-state index contributed by atoms with van der Waals surface area (Å²) >= 11 is 0. The minimum Gasteiger partial charge on any atom is -0.497 e. The smallest absolute Gasteiger partial charge is 0.341 e. The van der Waals surface area contributed by atoms with Crippen LogP contribution in [0.25, 0.3) is 0 Å². The molecule has 0 aliphatic heterocycles. The van der Waals surface area contributed by atoms with Gasteiger partial charge in [0.05, 0.1) is 12.7 Å². The molecule has 2 aromatic carbocycles. The van der Waals surface area contributed by atoms with Crippen LogP contribution in [0.4, 0.5) is 10.1 Å². The zero-order chi connectivity index (χ0) is 20.0. The van der Waals surface area contributed by atoms with Crippen molar-refractivity contribution in [2.24, 2.45) is 5.92 Å². The number of ketones is 1. The van der Waals surface area contributed by atoms with Gasteiger partial charge in [-0.1, -0.05) is 13.8 Å². The van der Waals surface area contributed by atoms with Crippen molar-refractivity contribution in [2.45, 2.75) is 13.8 Å². The number of Topliss-reactive ketones (excluding diaryl/α,β-unsaturated/α-hetero) is 1. The molecule has 0 spiro atoms. The van der Waals surface area contributed by atoms with Crippen LogP contribution in [0.3, 0.4) is 0 Å². The second-order valence-electron chi connectivity index (χ2n) is 6.07. The second-order valence-corrected chi connectivity index (χ2v) is 6.07. The Kier molecular flexibility index (Phi) is 6.65. The van der Waals surface area contributed by atoms with Crippen molar-refractivity contribution in [1.82, 2.24) is 0 Å². The highest BCUT2D eigenvalue weighted by Crippen LogP contribution is 2.17. The summed E-state index contributed by atoms with van der Waals surface area (Å²) in [4.78, 5) is 35.7. The molecule has 2 aromatic rings. The molecule has 0 atom stereocenters. The Labute approximate surface area is 156 Å². The van der Waals surface area contributed by atoms with Gasteiger partial charge in [0, 0.05) is 23.2 Å². The monoisotopic (exact) mass is 373 g/mol. The molecule has 6 nitrogen and oxygen atoms in total. The van der Waals surface area contributed by atoms with Crippen LogP contribution in [0.1, 0.15) is 34.6 Å². The molecule has 0 heterocycles. The zero-order valence-corrected chi connectivity index (χ0v) is 15.2. The highest BCUT2D eigenvalue weighted by atomic mass is 19.1. The van der Waals surface area contributed by atoms with E-state index >= 15 is 0 Å². The van der Waals surface area contributed by atoms with E-state index in [1.165, 1.54) is 31.4 Å². The van der Waals surface area contributed by atoms with E-state index in [-0.39, 0.29) is 23.1 Å². The standard InChI is InChI=1S/C20H20FNO5/c1-12(2)19(24)22-14-6-4-13(5-7-14)18(23)11-27-20(25)16-9-8-15(26-3)10-17(16)21/h4-10,12H,11H2,1-3H3,(H,22,24). The summed E-state index contributed by atoms with van der Waals surface area (Å²) < 4.78 is 23.6. The Hall–Kier alpha value is -3.22. The van der Waals surface area contributed by atoms with Crippen molar-refractivity contribution in [1.29, 1.82) is 0 Å². The summed E-state index contributed by atoms with van der Waals surface area (Å²) in [5.41, 5.74) is 0.582. The van der Waals surface area contributed by atoms with E-state index in [1.54, 1.807) is 26.0 Å². The topological polar surface area (TPSA) is 81.7 Å². The molecule has 0 fully saturated rings. The summed E-state index contributed by atoms with van der Waals surface area (Å²) in [5.74, 6) is -2.21. The van der Waals surface area contributed by atoms with E-state index in [0.29, 0.717) is 11.3 Å². The van der Waals surface area contributed by atoms with Crippen LogP contribution in [0.2, 0.25) is 0 Å². The fourth-order valence-corrected chi connectivity index (χ4v) is 2.11. The molecular formula is C20H20FNO5. The normalized spacial score (nSPS) is 10.4. The third-order valence-corrected chi connectivity index (χ3v) is 3.73. The molecule has 0 saturated heterocycles. The molecule has 0 saturated carbocycles. The number of anilines is 1. The van der Waals surface area contributed by atoms with Gasteiger partial charge in [-0.05, 0) is 36.4 Å². The number of hydrogen-bond donors (Lipinski definition) is 1. The van der Waals surface area contributed by atoms with E-state index < -0.39 is 24.2 Å². The zero-order valence-electron chi connectivity index (χ0n) is 15.2. The van der Waals surface area contributed by atoms with Crippen molar-refractivity contribution >= 4 is 23.3 Å². The number of hydrogen-bond acceptors (Lipinski definition) is 5. The minimum atomic E-state index is -0.940. The van der Waals surface area contributed by atoms with Gasteiger partial charge in [0.25, 0.3) is 0 Å². The first-order valence-electron chi connectivity index (χ1n) is 8.26. The predicted molar refractivity (Wildman–Crippen MR) is 97.5 cm³/mol. The van der Waals surface area contributed by atoms with Gasteiger partial charge in [0.2, 0.25) is 5.91 Å². The maximum atomic E-state index is 13.8. The SMILES string of the molecule is COc1ccc(C(=O)OCC(=O)c2ccc(NC(=O)C(C)C)cc2)c(F)c1. The summed E-state index contributed by atoms with van der Waals surface area (Å²) in [5, 5.41) is 2.71. The number of benzene rings is 2. The van der Waals surface area contributed by atoms with Gasteiger partial charge < -0.3 is 14.8 Å². The molecule has 0 unspecified atom stereocenters. The molecule has 27 heavy (non-hydrogen) atoms. The number of ether oxygens (including phenoxy) is 2. The first kappa shape index (κ1) is 20.1. The lowest BCUT2D eigenvalue weighted by molar-refractivity contribution is -0.118. The average Bonchev–Trinajstić information content (AvgIpc) is 2.66. The number of methoxy groups -OCH3 is 1. The van der Waals surface area contributed by atoms with Gasteiger partial charge in [-0.3, -0.25) is 9.59 Å². The van der Waals surface area contributed by atoms with Crippen LogP contribution in [0.15, 0.2) is 42.5 Å². The van der Waals surface area contributed by atoms with Gasteiger partial charge in [0.1, 0.15) is 11.6 Å². The number of nitrogens with one attached hydrogen (secondary N) is 1. The van der Waals surface area contributed by atoms with Gasteiger partial charge in [-0.2, -0.15) is 0 Å². The predicted octanol–water partition coefficient (Wildman–Crippen LogP) is 3.47. The first-order chi connectivity index (χ1) is 12.8. The molecule has 0 aliphatic rings. The highest BCUT2D eigenvalue weighted by molar-refractivity contribution is 6.00. The van der Waals surface area contributed by atoms with Crippen LogP contribution in [-0.2, 0) is 9.53 Å². The van der Waals surface area contributed by atoms with Crippen molar-refractivity contribution < 1.29 is 28.2 Å². The molecule has 142 valence electrons. The van der Waals surface area contributed by atoms with Crippen LogP contribution in [-0.4, -0.2) is 31.4 Å². The summed E-state index contributed by atoms with van der Waals surface area (Å²) in [6, 6.07) is 9.90. The lowest BCUT2D eigenvalue weighted by Gasteiger charge is -2.09. The summed E-state index contributed by atoms with van der Waals surface area (Å²) in [7, 11) is 1.38. The Morgan fingerprint density at radius 1 is 1.07 bits per heavy atom. The van der Waals surface area contributed by atoms with E-state index in [0.717, 1.165) is 6.07 Å². The van der Waals surface area contributed by atoms with E-state index in [2.05, 4.69) is 5.32 Å². The van der Waals surface area contributed by atoms with Crippen LogP contribution in [0, 0.1) is 11.7 Å². The lowest BCUT2D eigenvalue weighted by atomic mass is 10.1. The fraction of sp³-hybridized carbons (Fsp3) is 0.250. The molecule has 2 rings (SSSR count). The van der Waals surface area contributed by atoms with E-state index in [4.69, 9.17) is 9.47 Å². The van der Waals surface area contributed by atoms with Crippen molar-refractivity contribution in [3.05, 3.63) is 59.4 Å². The largest absolute Gasteiger partial charge is 0.497 e.